The van der Waals surface area contributed by atoms with Crippen LogP contribution in [-0.2, 0) is 4.79 Å². The van der Waals surface area contributed by atoms with E-state index in [1.165, 1.54) is 0 Å². The van der Waals surface area contributed by atoms with E-state index in [0.717, 1.165) is 6.42 Å². The maximum absolute atomic E-state index is 13.2. The van der Waals surface area contributed by atoms with Gasteiger partial charge in [0.1, 0.15) is 6.04 Å². The van der Waals surface area contributed by atoms with Gasteiger partial charge in [-0.3, -0.25) is 19.4 Å². The molecule has 1 aromatic carbocycles. The molecule has 164 valence electrons. The highest BCUT2D eigenvalue weighted by Crippen LogP contribution is 2.17. The van der Waals surface area contributed by atoms with Crippen molar-refractivity contribution >= 4 is 17.7 Å². The van der Waals surface area contributed by atoms with Gasteiger partial charge < -0.3 is 15.5 Å². The van der Waals surface area contributed by atoms with Crippen LogP contribution in [0.2, 0.25) is 0 Å². The second kappa shape index (κ2) is 10.7. The van der Waals surface area contributed by atoms with Gasteiger partial charge in [0.05, 0.1) is 5.56 Å². The number of hydrogen-bond donors (Lipinski definition) is 2. The molecule has 1 aromatic heterocycles. The summed E-state index contributed by atoms with van der Waals surface area (Å²) in [5.74, 6) is -0.429. The second-order valence-electron chi connectivity index (χ2n) is 8.02. The van der Waals surface area contributed by atoms with Gasteiger partial charge in [0.15, 0.2) is 0 Å². The number of pyridine rings is 1. The van der Waals surface area contributed by atoms with Crippen LogP contribution in [0.5, 0.6) is 0 Å². The van der Waals surface area contributed by atoms with E-state index in [1.54, 1.807) is 53.7 Å². The zero-order valence-corrected chi connectivity index (χ0v) is 18.1. The molecule has 0 radical (unpaired) electrons. The van der Waals surface area contributed by atoms with Gasteiger partial charge in [-0.15, -0.1) is 0 Å². The number of amides is 3. The largest absolute Gasteiger partial charge is 0.349 e. The minimum Gasteiger partial charge on any atom is -0.349 e. The van der Waals surface area contributed by atoms with Crippen molar-refractivity contribution in [1.29, 1.82) is 0 Å². The molecule has 3 amide bonds. The number of aromatic nitrogens is 1. The van der Waals surface area contributed by atoms with Gasteiger partial charge in [0, 0.05) is 37.1 Å². The first-order valence-electron chi connectivity index (χ1n) is 10.8. The third-order valence-corrected chi connectivity index (χ3v) is 5.87. The molecule has 7 heteroatoms. The molecule has 0 aliphatic carbocycles. The zero-order valence-electron chi connectivity index (χ0n) is 18.1. The molecule has 1 saturated heterocycles. The molecule has 2 aromatic rings. The van der Waals surface area contributed by atoms with Crippen LogP contribution in [0.4, 0.5) is 0 Å². The predicted octanol–water partition coefficient (Wildman–Crippen LogP) is 2.65. The normalized spacial score (nSPS) is 16.3. The molecule has 0 bridgehead atoms. The summed E-state index contributed by atoms with van der Waals surface area (Å²) in [4.78, 5) is 44.0. The Kier molecular flexibility index (Phi) is 7.76. The van der Waals surface area contributed by atoms with Crippen LogP contribution in [0.1, 0.15) is 53.8 Å². The molecule has 3 rings (SSSR count). The fourth-order valence-electron chi connectivity index (χ4n) is 3.70. The summed E-state index contributed by atoms with van der Waals surface area (Å²) in [5, 5.41) is 5.96. The Morgan fingerprint density at radius 3 is 2.32 bits per heavy atom. The van der Waals surface area contributed by atoms with Crippen molar-refractivity contribution in [3.63, 3.8) is 0 Å². The highest BCUT2D eigenvalue weighted by atomic mass is 16.2. The molecule has 2 unspecified atom stereocenters. The maximum atomic E-state index is 13.2. The Balaban J connectivity index is 1.57. The van der Waals surface area contributed by atoms with E-state index in [2.05, 4.69) is 15.6 Å². The van der Waals surface area contributed by atoms with Crippen LogP contribution in [0.15, 0.2) is 54.9 Å². The fraction of sp³-hybridized carbons (Fsp3) is 0.417. The van der Waals surface area contributed by atoms with Crippen molar-refractivity contribution in [2.75, 3.05) is 13.1 Å². The molecular weight excluding hydrogens is 392 g/mol. The minimum absolute atomic E-state index is 0.0118. The van der Waals surface area contributed by atoms with Crippen molar-refractivity contribution in [2.45, 2.75) is 45.2 Å². The van der Waals surface area contributed by atoms with Crippen LogP contribution in [0, 0.1) is 5.92 Å². The first kappa shape index (κ1) is 22.5. The van der Waals surface area contributed by atoms with Gasteiger partial charge in [-0.1, -0.05) is 38.5 Å². The fourth-order valence-corrected chi connectivity index (χ4v) is 3.70. The number of nitrogens with zero attached hydrogens (tertiary/aromatic N) is 2. The van der Waals surface area contributed by atoms with E-state index in [0.29, 0.717) is 37.1 Å². The summed E-state index contributed by atoms with van der Waals surface area (Å²) < 4.78 is 0. The lowest BCUT2D eigenvalue weighted by molar-refractivity contribution is -0.135. The number of hydrogen-bond acceptors (Lipinski definition) is 4. The third-order valence-electron chi connectivity index (χ3n) is 5.87. The quantitative estimate of drug-likeness (QED) is 0.718. The van der Waals surface area contributed by atoms with Gasteiger partial charge in [-0.05, 0) is 43.0 Å². The molecule has 1 fully saturated rings. The number of carbonyl (C=O) groups excluding carboxylic acids is 3. The van der Waals surface area contributed by atoms with Gasteiger partial charge >= 0.3 is 0 Å². The molecule has 1 aliphatic heterocycles. The van der Waals surface area contributed by atoms with E-state index in [1.807, 2.05) is 19.9 Å². The highest BCUT2D eigenvalue weighted by Gasteiger charge is 2.32. The number of likely N-dealkylation sites (tertiary alicyclic amines) is 1. The van der Waals surface area contributed by atoms with Gasteiger partial charge in [0.25, 0.3) is 11.8 Å². The van der Waals surface area contributed by atoms with E-state index in [-0.39, 0.29) is 29.7 Å². The van der Waals surface area contributed by atoms with Crippen molar-refractivity contribution in [2.24, 2.45) is 5.92 Å². The molecule has 2 heterocycles. The van der Waals surface area contributed by atoms with Gasteiger partial charge in [-0.25, -0.2) is 0 Å². The van der Waals surface area contributed by atoms with E-state index >= 15 is 0 Å². The van der Waals surface area contributed by atoms with Gasteiger partial charge in [-0.2, -0.15) is 0 Å². The third kappa shape index (κ3) is 5.90. The molecule has 2 N–H and O–H groups in total. The average Bonchev–Trinajstić information content (AvgIpc) is 2.83. The first-order valence-corrected chi connectivity index (χ1v) is 10.8. The Labute approximate surface area is 183 Å². The lowest BCUT2D eigenvalue weighted by Crippen LogP contribution is -2.55. The van der Waals surface area contributed by atoms with Crippen LogP contribution in [0.25, 0.3) is 0 Å². The number of carbonyl (C=O) groups is 3. The second-order valence-corrected chi connectivity index (χ2v) is 8.02. The van der Waals surface area contributed by atoms with Crippen LogP contribution in [0.3, 0.4) is 0 Å². The maximum Gasteiger partial charge on any atom is 0.253 e. The number of rotatable bonds is 7. The number of benzene rings is 1. The molecule has 1 aliphatic rings. The van der Waals surface area contributed by atoms with Crippen molar-refractivity contribution in [1.82, 2.24) is 20.5 Å². The molecular formula is C24H30N4O3. The van der Waals surface area contributed by atoms with E-state index < -0.39 is 6.04 Å². The molecule has 0 spiro atoms. The van der Waals surface area contributed by atoms with Gasteiger partial charge in [0.2, 0.25) is 5.91 Å². The molecule has 2 atom stereocenters. The minimum atomic E-state index is -0.570. The van der Waals surface area contributed by atoms with Crippen LogP contribution in [-0.4, -0.2) is 52.8 Å². The molecule has 31 heavy (non-hydrogen) atoms. The SMILES string of the molecule is CCC(C)C(NC(=O)c1ccccc1)C(=O)N1CCC(NC(=O)c2cccnc2)CC1. The Bertz CT molecular complexity index is 880. The zero-order chi connectivity index (χ0) is 22.2. The Morgan fingerprint density at radius 1 is 1.03 bits per heavy atom. The Hall–Kier alpha value is -3.22. The standard InChI is InChI=1S/C24H30N4O3/c1-3-17(2)21(27-22(29)18-8-5-4-6-9-18)24(31)28-14-11-20(12-15-28)26-23(30)19-10-7-13-25-16-19/h4-10,13,16-17,20-21H,3,11-12,14-15H2,1-2H3,(H,26,30)(H,27,29). The predicted molar refractivity (Wildman–Crippen MR) is 118 cm³/mol. The van der Waals surface area contributed by atoms with Crippen LogP contribution < -0.4 is 10.6 Å². The Morgan fingerprint density at radius 2 is 1.71 bits per heavy atom. The average molecular weight is 423 g/mol. The summed E-state index contributed by atoms with van der Waals surface area (Å²) in [5.41, 5.74) is 1.07. The topological polar surface area (TPSA) is 91.4 Å². The summed E-state index contributed by atoms with van der Waals surface area (Å²) in [6, 6.07) is 11.8. The lowest BCUT2D eigenvalue weighted by atomic mass is 9.95. The van der Waals surface area contributed by atoms with Crippen molar-refractivity contribution < 1.29 is 14.4 Å². The number of nitrogens with one attached hydrogen (secondary N) is 2. The number of piperidine rings is 1. The highest BCUT2D eigenvalue weighted by molar-refractivity contribution is 5.97. The van der Waals surface area contributed by atoms with Crippen molar-refractivity contribution in [3.05, 3.63) is 66.0 Å². The lowest BCUT2D eigenvalue weighted by Gasteiger charge is -2.36. The summed E-state index contributed by atoms with van der Waals surface area (Å²) >= 11 is 0. The summed E-state index contributed by atoms with van der Waals surface area (Å²) in [6.45, 7) is 5.09. The van der Waals surface area contributed by atoms with Crippen molar-refractivity contribution in [3.8, 4) is 0 Å². The molecule has 7 nitrogen and oxygen atoms in total. The summed E-state index contributed by atoms with van der Waals surface area (Å²) in [7, 11) is 0. The molecule has 0 saturated carbocycles. The first-order chi connectivity index (χ1) is 15.0. The monoisotopic (exact) mass is 422 g/mol. The smallest absolute Gasteiger partial charge is 0.253 e. The summed E-state index contributed by atoms with van der Waals surface area (Å²) in [6.07, 6.45) is 5.31. The van der Waals surface area contributed by atoms with E-state index in [4.69, 9.17) is 0 Å². The van der Waals surface area contributed by atoms with Crippen LogP contribution >= 0.6 is 0 Å². The van der Waals surface area contributed by atoms with E-state index in [9.17, 15) is 14.4 Å².